The van der Waals surface area contributed by atoms with E-state index in [0.29, 0.717) is 6.61 Å². The lowest BCUT2D eigenvalue weighted by atomic mass is 10.2. The van der Waals surface area contributed by atoms with E-state index in [-0.39, 0.29) is 0 Å². The van der Waals surface area contributed by atoms with Gasteiger partial charge in [0.05, 0.1) is 13.7 Å². The molecule has 1 N–H and O–H groups in total. The van der Waals surface area contributed by atoms with Crippen LogP contribution in [0.25, 0.3) is 0 Å². The van der Waals surface area contributed by atoms with Gasteiger partial charge in [0.15, 0.2) is 11.5 Å². The normalized spacial score (nSPS) is 10.5. The number of hydrogen-bond acceptors (Lipinski definition) is 4. The van der Waals surface area contributed by atoms with Gasteiger partial charge in [-0.1, -0.05) is 12.1 Å². The van der Waals surface area contributed by atoms with Crippen LogP contribution in [0.3, 0.4) is 0 Å². The van der Waals surface area contributed by atoms with Gasteiger partial charge in [0.25, 0.3) is 0 Å². The minimum atomic E-state index is 0.640. The zero-order chi connectivity index (χ0) is 13.9. The van der Waals surface area contributed by atoms with Crippen LogP contribution in [-0.4, -0.2) is 33.5 Å². The predicted octanol–water partition coefficient (Wildman–Crippen LogP) is 2.61. The Balaban J connectivity index is 2.46. The Kier molecular flexibility index (Phi) is 8.02. The Hall–Kier alpha value is -1.26. The first-order valence-electron chi connectivity index (χ1n) is 6.90. The van der Waals surface area contributed by atoms with E-state index >= 15 is 0 Å². The van der Waals surface area contributed by atoms with E-state index in [0.717, 1.165) is 49.8 Å². The van der Waals surface area contributed by atoms with Crippen LogP contribution in [0.2, 0.25) is 0 Å². The molecular weight excluding hydrogens is 242 g/mol. The minimum Gasteiger partial charge on any atom is -0.493 e. The van der Waals surface area contributed by atoms with E-state index in [2.05, 4.69) is 11.4 Å². The summed E-state index contributed by atoms with van der Waals surface area (Å²) < 4.78 is 16.3. The maximum absolute atomic E-state index is 5.56. The van der Waals surface area contributed by atoms with E-state index in [4.69, 9.17) is 14.2 Å². The van der Waals surface area contributed by atoms with Crippen LogP contribution in [0.5, 0.6) is 11.5 Å². The SMILES string of the molecule is CCOCCCNCc1cccc(OCC)c1OC. The monoisotopic (exact) mass is 267 g/mol. The van der Waals surface area contributed by atoms with Gasteiger partial charge in [-0.15, -0.1) is 0 Å². The zero-order valence-electron chi connectivity index (χ0n) is 12.2. The van der Waals surface area contributed by atoms with Gasteiger partial charge in [0, 0.05) is 25.3 Å². The van der Waals surface area contributed by atoms with Gasteiger partial charge >= 0.3 is 0 Å². The molecule has 0 saturated heterocycles. The van der Waals surface area contributed by atoms with Gasteiger partial charge in [-0.05, 0) is 32.9 Å². The Morgan fingerprint density at radius 3 is 2.68 bits per heavy atom. The molecule has 0 aliphatic rings. The second-order valence-electron chi connectivity index (χ2n) is 4.11. The van der Waals surface area contributed by atoms with Crippen molar-refractivity contribution in [2.24, 2.45) is 0 Å². The van der Waals surface area contributed by atoms with Crippen molar-refractivity contribution in [3.05, 3.63) is 23.8 Å². The van der Waals surface area contributed by atoms with Gasteiger partial charge in [-0.25, -0.2) is 0 Å². The highest BCUT2D eigenvalue weighted by Crippen LogP contribution is 2.30. The standard InChI is InChI=1S/C15H25NO3/c1-4-18-11-7-10-16-12-13-8-6-9-14(19-5-2)15(13)17-3/h6,8-9,16H,4-5,7,10-12H2,1-3H3. The Morgan fingerprint density at radius 1 is 1.16 bits per heavy atom. The molecule has 0 aromatic heterocycles. The van der Waals surface area contributed by atoms with Crippen LogP contribution in [0, 0.1) is 0 Å². The molecule has 0 unspecified atom stereocenters. The number of rotatable bonds is 10. The maximum atomic E-state index is 5.56. The summed E-state index contributed by atoms with van der Waals surface area (Å²) in [5.74, 6) is 1.63. The third kappa shape index (κ3) is 5.49. The fraction of sp³-hybridized carbons (Fsp3) is 0.600. The molecule has 0 heterocycles. The maximum Gasteiger partial charge on any atom is 0.165 e. The number of benzene rings is 1. The van der Waals surface area contributed by atoms with E-state index in [9.17, 15) is 0 Å². The fourth-order valence-corrected chi connectivity index (χ4v) is 1.87. The molecule has 0 radical (unpaired) electrons. The average Bonchev–Trinajstić information content (AvgIpc) is 2.43. The first-order valence-corrected chi connectivity index (χ1v) is 6.90. The van der Waals surface area contributed by atoms with Crippen LogP contribution in [0.4, 0.5) is 0 Å². The Morgan fingerprint density at radius 2 is 2.00 bits per heavy atom. The molecule has 4 heteroatoms. The van der Waals surface area contributed by atoms with Gasteiger partial charge < -0.3 is 19.5 Å². The Bertz CT molecular complexity index is 355. The number of hydrogen-bond donors (Lipinski definition) is 1. The first-order chi connectivity index (χ1) is 9.33. The van der Waals surface area contributed by atoms with E-state index < -0.39 is 0 Å². The van der Waals surface area contributed by atoms with Crippen molar-refractivity contribution in [3.8, 4) is 11.5 Å². The molecule has 4 nitrogen and oxygen atoms in total. The summed E-state index contributed by atoms with van der Waals surface area (Å²) in [7, 11) is 1.68. The molecule has 1 aromatic rings. The lowest BCUT2D eigenvalue weighted by Gasteiger charge is -2.14. The summed E-state index contributed by atoms with van der Waals surface area (Å²) >= 11 is 0. The number of nitrogens with one attached hydrogen (secondary N) is 1. The molecule has 0 aliphatic carbocycles. The van der Waals surface area contributed by atoms with Crippen molar-refractivity contribution in [2.45, 2.75) is 26.8 Å². The average molecular weight is 267 g/mol. The molecule has 0 spiro atoms. The highest BCUT2D eigenvalue weighted by Gasteiger charge is 2.09. The first kappa shape index (κ1) is 15.8. The summed E-state index contributed by atoms with van der Waals surface area (Å²) in [5.41, 5.74) is 1.12. The minimum absolute atomic E-state index is 0.640. The summed E-state index contributed by atoms with van der Waals surface area (Å²) in [4.78, 5) is 0. The largest absolute Gasteiger partial charge is 0.493 e. The van der Waals surface area contributed by atoms with Gasteiger partial charge in [-0.3, -0.25) is 0 Å². The molecule has 0 saturated carbocycles. The van der Waals surface area contributed by atoms with Crippen LogP contribution in [-0.2, 0) is 11.3 Å². The molecule has 0 bridgehead atoms. The number of methoxy groups -OCH3 is 1. The molecule has 0 fully saturated rings. The van der Waals surface area contributed by atoms with Crippen molar-refractivity contribution >= 4 is 0 Å². The van der Waals surface area contributed by atoms with Gasteiger partial charge in [0.1, 0.15) is 0 Å². The second-order valence-corrected chi connectivity index (χ2v) is 4.11. The topological polar surface area (TPSA) is 39.7 Å². The summed E-state index contributed by atoms with van der Waals surface area (Å²) in [6.07, 6.45) is 1.02. The highest BCUT2D eigenvalue weighted by molar-refractivity contribution is 5.46. The van der Waals surface area contributed by atoms with Gasteiger partial charge in [-0.2, -0.15) is 0 Å². The molecule has 1 rings (SSSR count). The molecule has 0 amide bonds. The molecule has 108 valence electrons. The second kappa shape index (κ2) is 9.64. The van der Waals surface area contributed by atoms with E-state index in [1.54, 1.807) is 7.11 Å². The van der Waals surface area contributed by atoms with E-state index in [1.165, 1.54) is 0 Å². The molecule has 19 heavy (non-hydrogen) atoms. The molecule has 1 aromatic carbocycles. The lowest BCUT2D eigenvalue weighted by molar-refractivity contribution is 0.144. The fourth-order valence-electron chi connectivity index (χ4n) is 1.87. The van der Waals surface area contributed by atoms with Crippen molar-refractivity contribution in [2.75, 3.05) is 33.5 Å². The Labute approximate surface area is 116 Å². The zero-order valence-corrected chi connectivity index (χ0v) is 12.2. The van der Waals surface area contributed by atoms with Crippen molar-refractivity contribution in [1.29, 1.82) is 0 Å². The third-order valence-electron chi connectivity index (χ3n) is 2.73. The third-order valence-corrected chi connectivity index (χ3v) is 2.73. The van der Waals surface area contributed by atoms with Crippen LogP contribution < -0.4 is 14.8 Å². The highest BCUT2D eigenvalue weighted by atomic mass is 16.5. The molecular formula is C15H25NO3. The summed E-state index contributed by atoms with van der Waals surface area (Å²) in [6, 6.07) is 5.97. The van der Waals surface area contributed by atoms with Gasteiger partial charge in [0.2, 0.25) is 0 Å². The quantitative estimate of drug-likeness (QED) is 0.661. The molecule has 0 atom stereocenters. The van der Waals surface area contributed by atoms with Crippen molar-refractivity contribution in [1.82, 2.24) is 5.32 Å². The number of para-hydroxylation sites is 1. The predicted molar refractivity (Wildman–Crippen MR) is 77.0 cm³/mol. The van der Waals surface area contributed by atoms with Crippen LogP contribution in [0.1, 0.15) is 25.8 Å². The van der Waals surface area contributed by atoms with Crippen LogP contribution >= 0.6 is 0 Å². The summed E-state index contributed by atoms with van der Waals surface area (Å²) in [6.45, 7) is 7.92. The van der Waals surface area contributed by atoms with E-state index in [1.807, 2.05) is 26.0 Å². The lowest BCUT2D eigenvalue weighted by Crippen LogP contribution is -2.17. The van der Waals surface area contributed by atoms with Crippen molar-refractivity contribution < 1.29 is 14.2 Å². The van der Waals surface area contributed by atoms with Crippen LogP contribution in [0.15, 0.2) is 18.2 Å². The van der Waals surface area contributed by atoms with Crippen molar-refractivity contribution in [3.63, 3.8) is 0 Å². The molecule has 0 aliphatic heterocycles. The number of ether oxygens (including phenoxy) is 3. The summed E-state index contributed by atoms with van der Waals surface area (Å²) in [5, 5.41) is 3.39. The smallest absolute Gasteiger partial charge is 0.165 e.